The Bertz CT molecular complexity index is 1100. The van der Waals surface area contributed by atoms with Crippen molar-refractivity contribution < 1.29 is 33.6 Å². The van der Waals surface area contributed by atoms with Crippen molar-refractivity contribution in [1.29, 1.82) is 0 Å². The number of aliphatic hydroxyl groups is 1. The molecule has 0 amide bonds. The number of carbonyl (C=O) groups excluding carboxylic acids is 2. The van der Waals surface area contributed by atoms with Crippen molar-refractivity contribution in [3.8, 4) is 11.5 Å². The third kappa shape index (κ3) is 1.24. The quantitative estimate of drug-likeness (QED) is 0.686. The summed E-state index contributed by atoms with van der Waals surface area (Å²) in [4.78, 5) is 25.8. The summed E-state index contributed by atoms with van der Waals surface area (Å²) >= 11 is 0. The number of epoxide rings is 2. The molecule has 2 aromatic carbocycles. The first kappa shape index (κ1) is 14.3. The minimum atomic E-state index is -1.77. The van der Waals surface area contributed by atoms with Crippen LogP contribution in [-0.2, 0) is 19.1 Å². The number of hydrogen-bond acceptors (Lipinski definition) is 7. The van der Waals surface area contributed by atoms with Gasteiger partial charge < -0.3 is 24.1 Å². The number of fused-ring (bicyclic) bond motifs is 2. The molecular formula is C20H12O7. The molecule has 0 bridgehead atoms. The zero-order valence-electron chi connectivity index (χ0n) is 13.7. The van der Waals surface area contributed by atoms with Gasteiger partial charge in [-0.1, -0.05) is 24.3 Å². The van der Waals surface area contributed by atoms with Crippen molar-refractivity contribution in [2.75, 3.05) is 0 Å². The van der Waals surface area contributed by atoms with Gasteiger partial charge >= 0.3 is 5.79 Å². The SMILES string of the molecule is O=C1[C@H]2O[C@H]2C2(Oc3cccc4cccc(c34)O2)C23OC12C(O)C=CC3=O. The maximum atomic E-state index is 13.0. The Kier molecular flexibility index (Phi) is 2.08. The van der Waals surface area contributed by atoms with Gasteiger partial charge in [-0.05, 0) is 29.7 Å². The number of Topliss-reactive ketones (excluding diaryl/α,β-unsaturated/α-hetero) is 1. The summed E-state index contributed by atoms with van der Waals surface area (Å²) in [6, 6.07) is 11.1. The van der Waals surface area contributed by atoms with E-state index >= 15 is 0 Å². The Morgan fingerprint density at radius 2 is 1.70 bits per heavy atom. The number of carbonyl (C=O) groups is 2. The smallest absolute Gasteiger partial charge is 0.321 e. The second-order valence-electron chi connectivity index (χ2n) is 7.51. The van der Waals surface area contributed by atoms with Gasteiger partial charge in [-0.15, -0.1) is 0 Å². The van der Waals surface area contributed by atoms with E-state index in [0.29, 0.717) is 11.5 Å². The van der Waals surface area contributed by atoms with Crippen LogP contribution in [0.3, 0.4) is 0 Å². The zero-order valence-corrected chi connectivity index (χ0v) is 13.7. The van der Waals surface area contributed by atoms with Crippen LogP contribution >= 0.6 is 0 Å². The van der Waals surface area contributed by atoms with Crippen LogP contribution in [0, 0.1) is 0 Å². The number of aliphatic hydroxyl groups excluding tert-OH is 1. The lowest BCUT2D eigenvalue weighted by Gasteiger charge is -2.44. The van der Waals surface area contributed by atoms with Crippen molar-refractivity contribution in [3.63, 3.8) is 0 Å². The van der Waals surface area contributed by atoms with E-state index < -0.39 is 46.9 Å². The van der Waals surface area contributed by atoms with E-state index in [4.69, 9.17) is 18.9 Å². The van der Waals surface area contributed by atoms with Crippen molar-refractivity contribution >= 4 is 22.3 Å². The van der Waals surface area contributed by atoms with Crippen molar-refractivity contribution in [1.82, 2.24) is 0 Å². The third-order valence-electron chi connectivity index (χ3n) is 6.32. The average Bonchev–Trinajstić information content (AvgIpc) is 3.57. The Morgan fingerprint density at radius 1 is 1.00 bits per heavy atom. The fraction of sp³-hybridized carbons (Fsp3) is 0.300. The van der Waals surface area contributed by atoms with Crippen LogP contribution in [0.25, 0.3) is 10.8 Å². The van der Waals surface area contributed by atoms with Crippen molar-refractivity contribution in [3.05, 3.63) is 48.6 Å². The van der Waals surface area contributed by atoms with E-state index in [-0.39, 0.29) is 0 Å². The van der Waals surface area contributed by atoms with Crippen molar-refractivity contribution in [2.45, 2.75) is 35.3 Å². The van der Waals surface area contributed by atoms with Gasteiger partial charge in [0.15, 0.2) is 18.0 Å². The first-order valence-corrected chi connectivity index (χ1v) is 8.76. The van der Waals surface area contributed by atoms with Crippen LogP contribution in [0.15, 0.2) is 48.6 Å². The molecule has 0 radical (unpaired) electrons. The average molecular weight is 364 g/mol. The van der Waals surface area contributed by atoms with E-state index in [0.717, 1.165) is 10.8 Å². The minimum Gasteiger partial charge on any atom is -0.446 e. The standard InChI is InChI=1S/C20H12O7/c21-12-7-8-13(22)19-18(12,27-19)16(23)15-17(24-15)20(19)25-10-5-1-3-9-4-2-6-11(26-20)14(9)10/h1-8,12,15,17,21H/t12?,15-,17-,18?,19?/m1/s1. The summed E-state index contributed by atoms with van der Waals surface area (Å²) in [5.41, 5.74) is -3.49. The van der Waals surface area contributed by atoms with Crippen LogP contribution in [0.5, 0.6) is 11.5 Å². The molecule has 7 rings (SSSR count). The van der Waals surface area contributed by atoms with Crippen LogP contribution in [0.4, 0.5) is 0 Å². The number of ether oxygens (including phenoxy) is 4. The van der Waals surface area contributed by atoms with Gasteiger partial charge in [-0.25, -0.2) is 0 Å². The molecule has 1 N–H and O–H groups in total. The lowest BCUT2D eigenvalue weighted by Crippen LogP contribution is -2.72. The normalized spacial score (nSPS) is 41.3. The maximum absolute atomic E-state index is 13.0. The monoisotopic (exact) mass is 364 g/mol. The maximum Gasteiger partial charge on any atom is 0.321 e. The summed E-state index contributed by atoms with van der Waals surface area (Å²) in [6.07, 6.45) is -0.392. The summed E-state index contributed by atoms with van der Waals surface area (Å²) in [5.74, 6) is -1.53. The van der Waals surface area contributed by atoms with Gasteiger partial charge in [0.25, 0.3) is 5.60 Å². The van der Waals surface area contributed by atoms with Crippen molar-refractivity contribution in [2.24, 2.45) is 0 Å². The number of rotatable bonds is 0. The van der Waals surface area contributed by atoms with Gasteiger partial charge in [0.05, 0.1) is 5.39 Å². The number of benzene rings is 2. The molecule has 134 valence electrons. The molecule has 3 heterocycles. The highest BCUT2D eigenvalue weighted by Gasteiger charge is 3.00. The summed E-state index contributed by atoms with van der Waals surface area (Å²) in [5, 5.41) is 12.2. The van der Waals surface area contributed by atoms with E-state index in [1.807, 2.05) is 24.3 Å². The topological polar surface area (TPSA) is 97.9 Å². The molecule has 7 nitrogen and oxygen atoms in total. The molecule has 1 spiro atoms. The molecule has 1 saturated carbocycles. The molecule has 3 fully saturated rings. The molecule has 5 aliphatic rings. The highest BCUT2D eigenvalue weighted by Crippen LogP contribution is 2.70. The molecule has 5 atom stereocenters. The third-order valence-corrected chi connectivity index (χ3v) is 6.32. The van der Waals surface area contributed by atoms with Gasteiger partial charge in [-0.3, -0.25) is 9.59 Å². The van der Waals surface area contributed by atoms with Gasteiger partial charge in [0.2, 0.25) is 11.4 Å². The molecular weight excluding hydrogens is 352 g/mol. The van der Waals surface area contributed by atoms with E-state index in [2.05, 4.69) is 0 Å². The molecule has 7 heteroatoms. The van der Waals surface area contributed by atoms with E-state index in [9.17, 15) is 14.7 Å². The predicted molar refractivity (Wildman–Crippen MR) is 88.3 cm³/mol. The Hall–Kier alpha value is -2.74. The van der Waals surface area contributed by atoms with Gasteiger partial charge in [0.1, 0.15) is 17.6 Å². The largest absolute Gasteiger partial charge is 0.446 e. The van der Waals surface area contributed by atoms with Crippen LogP contribution in [-0.4, -0.2) is 52.0 Å². The molecule has 3 unspecified atom stereocenters. The van der Waals surface area contributed by atoms with Crippen LogP contribution in [0.2, 0.25) is 0 Å². The highest BCUT2D eigenvalue weighted by molar-refractivity contribution is 6.15. The van der Waals surface area contributed by atoms with Gasteiger partial charge in [0, 0.05) is 0 Å². The summed E-state index contributed by atoms with van der Waals surface area (Å²) in [7, 11) is 0. The Morgan fingerprint density at radius 3 is 2.41 bits per heavy atom. The lowest BCUT2D eigenvalue weighted by atomic mass is 9.67. The Balaban J connectivity index is 1.51. The molecule has 2 saturated heterocycles. The molecule has 3 aliphatic heterocycles. The fourth-order valence-corrected chi connectivity index (χ4v) is 5.08. The second-order valence-corrected chi connectivity index (χ2v) is 7.51. The second kappa shape index (κ2) is 3.91. The minimum absolute atomic E-state index is 0.437. The molecule has 2 aromatic rings. The number of hydrogen-bond donors (Lipinski definition) is 1. The zero-order chi connectivity index (χ0) is 18.2. The van der Waals surface area contributed by atoms with E-state index in [1.54, 1.807) is 12.1 Å². The predicted octanol–water partition coefficient (Wildman–Crippen LogP) is 0.665. The molecule has 27 heavy (non-hydrogen) atoms. The summed E-state index contributed by atoms with van der Waals surface area (Å²) < 4.78 is 24.0. The van der Waals surface area contributed by atoms with Crippen LogP contribution in [0.1, 0.15) is 0 Å². The highest BCUT2D eigenvalue weighted by atomic mass is 16.8. The van der Waals surface area contributed by atoms with Crippen LogP contribution < -0.4 is 9.47 Å². The van der Waals surface area contributed by atoms with E-state index in [1.165, 1.54) is 12.2 Å². The lowest BCUT2D eigenvalue weighted by molar-refractivity contribution is -0.189. The first-order valence-electron chi connectivity index (χ1n) is 8.76. The Labute approximate surface area is 152 Å². The first-order chi connectivity index (χ1) is 13.1. The summed E-state index contributed by atoms with van der Waals surface area (Å²) in [6.45, 7) is 0. The van der Waals surface area contributed by atoms with Gasteiger partial charge in [-0.2, -0.15) is 0 Å². The molecule has 2 aliphatic carbocycles. The molecule has 0 aromatic heterocycles. The number of ketones is 2. The fourth-order valence-electron chi connectivity index (χ4n) is 5.08.